The van der Waals surface area contributed by atoms with Gasteiger partial charge in [0.1, 0.15) is 0 Å². The molecule has 0 saturated heterocycles. The Hall–Kier alpha value is -2.98. The summed E-state index contributed by atoms with van der Waals surface area (Å²) in [5, 5.41) is 11.9. The number of rotatable bonds is 4. The first kappa shape index (κ1) is 17.8. The highest BCUT2D eigenvalue weighted by Crippen LogP contribution is 2.26. The zero-order chi connectivity index (χ0) is 18.5. The Labute approximate surface area is 157 Å². The second-order valence-corrected chi connectivity index (χ2v) is 6.33. The lowest BCUT2D eigenvalue weighted by molar-refractivity contribution is 0.102. The van der Waals surface area contributed by atoms with Crippen molar-refractivity contribution >= 4 is 34.6 Å². The number of amides is 1. The molecule has 130 valence electrons. The van der Waals surface area contributed by atoms with Crippen molar-refractivity contribution in [1.82, 2.24) is 0 Å². The van der Waals surface area contributed by atoms with Crippen LogP contribution in [0.5, 0.6) is 0 Å². The van der Waals surface area contributed by atoms with Gasteiger partial charge in [0.25, 0.3) is 5.91 Å². The average Bonchev–Trinajstić information content (AvgIpc) is 2.63. The SMILES string of the molecule is Cc1ccccc1N=Nc1ccc(NC(=O)c2ccccc2Cl)c(C)c1. The molecule has 0 atom stereocenters. The maximum Gasteiger partial charge on any atom is 0.257 e. The van der Waals surface area contributed by atoms with Gasteiger partial charge < -0.3 is 5.32 Å². The Morgan fingerprint density at radius 3 is 2.35 bits per heavy atom. The highest BCUT2D eigenvalue weighted by atomic mass is 35.5. The van der Waals surface area contributed by atoms with Crippen LogP contribution >= 0.6 is 11.6 Å². The van der Waals surface area contributed by atoms with Crippen molar-refractivity contribution in [2.24, 2.45) is 10.2 Å². The molecule has 0 aliphatic heterocycles. The Morgan fingerprint density at radius 2 is 1.62 bits per heavy atom. The zero-order valence-electron chi connectivity index (χ0n) is 14.5. The van der Waals surface area contributed by atoms with Crippen LogP contribution in [0.25, 0.3) is 0 Å². The molecule has 0 aliphatic carbocycles. The van der Waals surface area contributed by atoms with E-state index >= 15 is 0 Å². The minimum Gasteiger partial charge on any atom is -0.322 e. The Morgan fingerprint density at radius 1 is 0.885 bits per heavy atom. The van der Waals surface area contributed by atoms with E-state index in [1.165, 1.54) is 0 Å². The van der Waals surface area contributed by atoms with Crippen LogP contribution in [0, 0.1) is 13.8 Å². The first-order valence-corrected chi connectivity index (χ1v) is 8.56. The van der Waals surface area contributed by atoms with Crippen molar-refractivity contribution in [3.63, 3.8) is 0 Å². The van der Waals surface area contributed by atoms with Crippen molar-refractivity contribution in [3.8, 4) is 0 Å². The smallest absolute Gasteiger partial charge is 0.257 e. The molecule has 26 heavy (non-hydrogen) atoms. The number of carbonyl (C=O) groups is 1. The molecular formula is C21H18ClN3O. The standard InChI is InChI=1S/C21H18ClN3O/c1-14-7-3-6-10-20(14)25-24-16-11-12-19(15(2)13-16)23-21(26)17-8-4-5-9-18(17)22/h3-13H,1-2H3,(H,23,26). The van der Waals surface area contributed by atoms with E-state index in [1.807, 2.05) is 56.3 Å². The number of carbonyl (C=O) groups excluding carboxylic acids is 1. The van der Waals surface area contributed by atoms with Gasteiger partial charge in [0.15, 0.2) is 0 Å². The highest BCUT2D eigenvalue weighted by molar-refractivity contribution is 6.34. The molecule has 0 spiro atoms. The first-order chi connectivity index (χ1) is 12.5. The van der Waals surface area contributed by atoms with E-state index in [4.69, 9.17) is 11.6 Å². The first-order valence-electron chi connectivity index (χ1n) is 8.18. The van der Waals surface area contributed by atoms with Crippen LogP contribution < -0.4 is 5.32 Å². The molecule has 0 bridgehead atoms. The molecule has 3 aromatic carbocycles. The van der Waals surface area contributed by atoms with Crippen LogP contribution in [0.1, 0.15) is 21.5 Å². The Kier molecular flexibility index (Phi) is 5.44. The Balaban J connectivity index is 1.77. The van der Waals surface area contributed by atoms with Crippen molar-refractivity contribution < 1.29 is 4.79 Å². The predicted octanol–water partition coefficient (Wildman–Crippen LogP) is 6.62. The minimum absolute atomic E-state index is 0.243. The molecule has 4 nitrogen and oxygen atoms in total. The van der Waals surface area contributed by atoms with Crippen LogP contribution in [0.3, 0.4) is 0 Å². The molecule has 0 aromatic heterocycles. The van der Waals surface area contributed by atoms with E-state index in [2.05, 4.69) is 15.5 Å². The van der Waals surface area contributed by atoms with Gasteiger partial charge in [-0.3, -0.25) is 4.79 Å². The number of azo groups is 1. The van der Waals surface area contributed by atoms with E-state index < -0.39 is 0 Å². The van der Waals surface area contributed by atoms with E-state index in [9.17, 15) is 4.79 Å². The summed E-state index contributed by atoms with van der Waals surface area (Å²) in [6, 6.07) is 20.3. The molecular weight excluding hydrogens is 346 g/mol. The number of benzene rings is 3. The lowest BCUT2D eigenvalue weighted by atomic mass is 10.1. The number of hydrogen-bond donors (Lipinski definition) is 1. The molecule has 3 aromatic rings. The van der Waals surface area contributed by atoms with Crippen LogP contribution in [0.15, 0.2) is 77.0 Å². The van der Waals surface area contributed by atoms with E-state index in [1.54, 1.807) is 24.3 Å². The lowest BCUT2D eigenvalue weighted by Crippen LogP contribution is -2.13. The van der Waals surface area contributed by atoms with Crippen LogP contribution in [-0.2, 0) is 0 Å². The molecule has 1 amide bonds. The minimum atomic E-state index is -0.243. The topological polar surface area (TPSA) is 53.8 Å². The number of anilines is 1. The molecule has 3 rings (SSSR count). The summed E-state index contributed by atoms with van der Waals surface area (Å²) in [7, 11) is 0. The summed E-state index contributed by atoms with van der Waals surface area (Å²) in [6.07, 6.45) is 0. The third kappa shape index (κ3) is 4.16. The van der Waals surface area contributed by atoms with Crippen LogP contribution in [0.2, 0.25) is 5.02 Å². The van der Waals surface area contributed by atoms with Crippen molar-refractivity contribution in [2.75, 3.05) is 5.32 Å². The lowest BCUT2D eigenvalue weighted by Gasteiger charge is -2.09. The number of nitrogens with one attached hydrogen (secondary N) is 1. The van der Waals surface area contributed by atoms with Crippen LogP contribution in [-0.4, -0.2) is 5.91 Å². The second kappa shape index (κ2) is 7.93. The molecule has 0 aliphatic rings. The molecule has 0 saturated carbocycles. The van der Waals surface area contributed by atoms with Crippen molar-refractivity contribution in [2.45, 2.75) is 13.8 Å². The van der Waals surface area contributed by atoms with Crippen molar-refractivity contribution in [3.05, 3.63) is 88.4 Å². The van der Waals surface area contributed by atoms with Gasteiger partial charge in [0.2, 0.25) is 0 Å². The second-order valence-electron chi connectivity index (χ2n) is 5.92. The number of halogens is 1. The number of nitrogens with zero attached hydrogens (tertiary/aromatic N) is 2. The van der Waals surface area contributed by atoms with Gasteiger partial charge in [0, 0.05) is 5.69 Å². The normalized spacial score (nSPS) is 10.9. The number of aryl methyl sites for hydroxylation is 2. The van der Waals surface area contributed by atoms with E-state index in [-0.39, 0.29) is 5.91 Å². The molecule has 0 fully saturated rings. The van der Waals surface area contributed by atoms with Gasteiger partial charge in [0.05, 0.1) is 22.0 Å². The maximum atomic E-state index is 12.4. The van der Waals surface area contributed by atoms with Gasteiger partial charge in [-0.2, -0.15) is 10.2 Å². The van der Waals surface area contributed by atoms with Gasteiger partial charge >= 0.3 is 0 Å². The molecule has 1 N–H and O–H groups in total. The quantitative estimate of drug-likeness (QED) is 0.520. The zero-order valence-corrected chi connectivity index (χ0v) is 15.3. The Bertz CT molecular complexity index is 982. The third-order valence-electron chi connectivity index (χ3n) is 3.97. The number of hydrogen-bond acceptors (Lipinski definition) is 3. The molecule has 0 radical (unpaired) electrons. The fourth-order valence-electron chi connectivity index (χ4n) is 2.47. The molecule has 5 heteroatoms. The highest BCUT2D eigenvalue weighted by Gasteiger charge is 2.11. The maximum absolute atomic E-state index is 12.4. The van der Waals surface area contributed by atoms with Crippen LogP contribution in [0.4, 0.5) is 17.1 Å². The van der Waals surface area contributed by atoms with Gasteiger partial charge in [-0.15, -0.1) is 0 Å². The predicted molar refractivity (Wildman–Crippen MR) is 106 cm³/mol. The summed E-state index contributed by atoms with van der Waals surface area (Å²) in [4.78, 5) is 12.4. The fraction of sp³-hybridized carbons (Fsp3) is 0.0952. The van der Waals surface area contributed by atoms with Gasteiger partial charge in [-0.25, -0.2) is 0 Å². The summed E-state index contributed by atoms with van der Waals surface area (Å²) in [5.74, 6) is -0.243. The summed E-state index contributed by atoms with van der Waals surface area (Å²) >= 11 is 6.07. The van der Waals surface area contributed by atoms with Crippen molar-refractivity contribution in [1.29, 1.82) is 0 Å². The fourth-order valence-corrected chi connectivity index (χ4v) is 2.69. The summed E-state index contributed by atoms with van der Waals surface area (Å²) in [6.45, 7) is 3.90. The van der Waals surface area contributed by atoms with E-state index in [0.717, 1.165) is 22.5 Å². The third-order valence-corrected chi connectivity index (χ3v) is 4.29. The summed E-state index contributed by atoms with van der Waals surface area (Å²) < 4.78 is 0. The largest absolute Gasteiger partial charge is 0.322 e. The molecule has 0 heterocycles. The van der Waals surface area contributed by atoms with Gasteiger partial charge in [-0.1, -0.05) is 41.9 Å². The average molecular weight is 364 g/mol. The summed E-state index contributed by atoms with van der Waals surface area (Å²) in [5.41, 5.74) is 4.67. The molecule has 0 unspecified atom stereocenters. The monoisotopic (exact) mass is 363 g/mol. The van der Waals surface area contributed by atoms with Gasteiger partial charge in [-0.05, 0) is 61.4 Å². The van der Waals surface area contributed by atoms with E-state index in [0.29, 0.717) is 16.3 Å².